The van der Waals surface area contributed by atoms with Crippen LogP contribution in [0.15, 0.2) is 23.2 Å². The van der Waals surface area contributed by atoms with Crippen molar-refractivity contribution in [1.29, 1.82) is 0 Å². The SMILES string of the molecule is CN=C(NCC(C)c1c(Cl)cccc1Cl)NC(C)C.I. The second-order valence-corrected chi connectivity index (χ2v) is 5.60. The van der Waals surface area contributed by atoms with E-state index in [1.165, 1.54) is 0 Å². The van der Waals surface area contributed by atoms with Crippen molar-refractivity contribution in [2.24, 2.45) is 4.99 Å². The maximum atomic E-state index is 6.20. The van der Waals surface area contributed by atoms with Gasteiger partial charge in [0.15, 0.2) is 5.96 Å². The van der Waals surface area contributed by atoms with Gasteiger partial charge in [-0.15, -0.1) is 24.0 Å². The summed E-state index contributed by atoms with van der Waals surface area (Å²) in [5, 5.41) is 7.92. The maximum Gasteiger partial charge on any atom is 0.191 e. The molecule has 0 bridgehead atoms. The number of hydrogen-bond acceptors (Lipinski definition) is 1. The predicted octanol–water partition coefficient (Wildman–Crippen LogP) is 4.29. The van der Waals surface area contributed by atoms with E-state index in [1.54, 1.807) is 7.05 Å². The van der Waals surface area contributed by atoms with Gasteiger partial charge in [0.05, 0.1) is 0 Å². The molecule has 1 aromatic carbocycles. The average Bonchev–Trinajstić information content (AvgIpc) is 2.33. The lowest BCUT2D eigenvalue weighted by Crippen LogP contribution is -2.42. The number of hydrogen-bond donors (Lipinski definition) is 2. The molecular weight excluding hydrogens is 408 g/mol. The highest BCUT2D eigenvalue weighted by molar-refractivity contribution is 14.0. The fraction of sp³-hybridized carbons (Fsp3) is 0.500. The van der Waals surface area contributed by atoms with Crippen LogP contribution in [0.25, 0.3) is 0 Å². The molecule has 1 rings (SSSR count). The molecule has 0 aliphatic rings. The van der Waals surface area contributed by atoms with E-state index < -0.39 is 0 Å². The molecule has 0 spiro atoms. The molecule has 0 saturated heterocycles. The fourth-order valence-corrected chi connectivity index (χ4v) is 2.57. The van der Waals surface area contributed by atoms with Crippen molar-refractivity contribution < 1.29 is 0 Å². The van der Waals surface area contributed by atoms with Gasteiger partial charge < -0.3 is 10.6 Å². The van der Waals surface area contributed by atoms with Gasteiger partial charge >= 0.3 is 0 Å². The standard InChI is InChI=1S/C14H21Cl2N3.HI/c1-9(2)19-14(17-4)18-8-10(3)13-11(15)6-5-7-12(13)16;/h5-7,9-10H,8H2,1-4H3,(H2,17,18,19);1H. The third kappa shape index (κ3) is 6.06. The van der Waals surface area contributed by atoms with Crippen molar-refractivity contribution in [3.05, 3.63) is 33.8 Å². The second-order valence-electron chi connectivity index (χ2n) is 4.79. The highest BCUT2D eigenvalue weighted by Crippen LogP contribution is 2.30. The Hall–Kier alpha value is -0.200. The zero-order chi connectivity index (χ0) is 14.4. The molecule has 0 aliphatic carbocycles. The maximum absolute atomic E-state index is 6.20. The van der Waals surface area contributed by atoms with Gasteiger partial charge in [-0.25, -0.2) is 0 Å². The Balaban J connectivity index is 0.00000361. The zero-order valence-electron chi connectivity index (χ0n) is 12.2. The van der Waals surface area contributed by atoms with Gasteiger partial charge in [0, 0.05) is 35.6 Å². The van der Waals surface area contributed by atoms with E-state index in [4.69, 9.17) is 23.2 Å². The first-order valence-electron chi connectivity index (χ1n) is 6.36. The summed E-state index contributed by atoms with van der Waals surface area (Å²) in [4.78, 5) is 4.17. The molecule has 3 nitrogen and oxygen atoms in total. The van der Waals surface area contributed by atoms with Crippen molar-refractivity contribution in [3.8, 4) is 0 Å². The minimum atomic E-state index is 0. The van der Waals surface area contributed by atoms with E-state index in [9.17, 15) is 0 Å². The Morgan fingerprint density at radius 2 is 1.75 bits per heavy atom. The molecule has 0 aromatic heterocycles. The van der Waals surface area contributed by atoms with Gasteiger partial charge in [0.2, 0.25) is 0 Å². The van der Waals surface area contributed by atoms with Crippen LogP contribution in [0.5, 0.6) is 0 Å². The molecule has 0 aliphatic heterocycles. The van der Waals surface area contributed by atoms with Crippen molar-refractivity contribution in [1.82, 2.24) is 10.6 Å². The molecule has 20 heavy (non-hydrogen) atoms. The highest BCUT2D eigenvalue weighted by Gasteiger charge is 2.14. The number of guanidine groups is 1. The van der Waals surface area contributed by atoms with Gasteiger partial charge in [-0.3, -0.25) is 4.99 Å². The minimum absolute atomic E-state index is 0. The summed E-state index contributed by atoms with van der Waals surface area (Å²) in [5.41, 5.74) is 0.971. The van der Waals surface area contributed by atoms with Crippen LogP contribution >= 0.6 is 47.2 Å². The van der Waals surface area contributed by atoms with E-state index in [0.29, 0.717) is 16.1 Å². The first kappa shape index (κ1) is 19.8. The number of halogens is 3. The summed E-state index contributed by atoms with van der Waals surface area (Å²) >= 11 is 12.4. The molecule has 6 heteroatoms. The quantitative estimate of drug-likeness (QED) is 0.425. The van der Waals surface area contributed by atoms with Crippen molar-refractivity contribution in [3.63, 3.8) is 0 Å². The number of aliphatic imine (C=N–C) groups is 1. The largest absolute Gasteiger partial charge is 0.356 e. The van der Waals surface area contributed by atoms with Crippen LogP contribution in [0.3, 0.4) is 0 Å². The monoisotopic (exact) mass is 429 g/mol. The van der Waals surface area contributed by atoms with Gasteiger partial charge in [-0.1, -0.05) is 36.2 Å². The molecule has 1 atom stereocenters. The van der Waals surface area contributed by atoms with E-state index >= 15 is 0 Å². The van der Waals surface area contributed by atoms with Crippen molar-refractivity contribution in [2.45, 2.75) is 32.7 Å². The molecule has 0 fully saturated rings. The average molecular weight is 430 g/mol. The summed E-state index contributed by atoms with van der Waals surface area (Å²) in [6.07, 6.45) is 0. The number of benzene rings is 1. The lowest BCUT2D eigenvalue weighted by Gasteiger charge is -2.19. The predicted molar refractivity (Wildman–Crippen MR) is 99.9 cm³/mol. The van der Waals surface area contributed by atoms with Crippen LogP contribution in [0.2, 0.25) is 10.0 Å². The summed E-state index contributed by atoms with van der Waals surface area (Å²) in [5.74, 6) is 0.983. The highest BCUT2D eigenvalue weighted by atomic mass is 127. The fourth-order valence-electron chi connectivity index (χ4n) is 1.80. The third-order valence-corrected chi connectivity index (χ3v) is 3.38. The second kappa shape index (κ2) is 9.68. The van der Waals surface area contributed by atoms with E-state index in [0.717, 1.165) is 18.1 Å². The zero-order valence-corrected chi connectivity index (χ0v) is 16.0. The van der Waals surface area contributed by atoms with Crippen LogP contribution in [-0.4, -0.2) is 25.6 Å². The summed E-state index contributed by atoms with van der Waals surface area (Å²) < 4.78 is 0. The summed E-state index contributed by atoms with van der Waals surface area (Å²) in [6, 6.07) is 5.92. The van der Waals surface area contributed by atoms with Crippen molar-refractivity contribution in [2.75, 3.05) is 13.6 Å². The smallest absolute Gasteiger partial charge is 0.191 e. The molecule has 1 unspecified atom stereocenters. The minimum Gasteiger partial charge on any atom is -0.356 e. The molecule has 0 amide bonds. The molecule has 0 radical (unpaired) electrons. The lowest BCUT2D eigenvalue weighted by molar-refractivity contribution is 0.666. The first-order valence-corrected chi connectivity index (χ1v) is 7.12. The molecular formula is C14H22Cl2IN3. The molecule has 114 valence electrons. The Bertz CT molecular complexity index is 430. The molecule has 0 saturated carbocycles. The lowest BCUT2D eigenvalue weighted by atomic mass is 10.0. The Labute approximate surface area is 148 Å². The number of nitrogens with zero attached hydrogens (tertiary/aromatic N) is 1. The van der Waals surface area contributed by atoms with E-state index in [-0.39, 0.29) is 29.9 Å². The number of rotatable bonds is 4. The number of nitrogens with one attached hydrogen (secondary N) is 2. The van der Waals surface area contributed by atoms with Crippen LogP contribution in [-0.2, 0) is 0 Å². The van der Waals surface area contributed by atoms with Gasteiger partial charge in [0.25, 0.3) is 0 Å². The van der Waals surface area contributed by atoms with Gasteiger partial charge in [-0.2, -0.15) is 0 Å². The molecule has 1 aromatic rings. The topological polar surface area (TPSA) is 36.4 Å². The summed E-state index contributed by atoms with van der Waals surface area (Å²) in [7, 11) is 1.75. The van der Waals surface area contributed by atoms with Crippen molar-refractivity contribution >= 4 is 53.1 Å². The Morgan fingerprint density at radius 3 is 2.20 bits per heavy atom. The van der Waals surface area contributed by atoms with Crippen LogP contribution < -0.4 is 10.6 Å². The van der Waals surface area contributed by atoms with E-state index in [2.05, 4.69) is 36.4 Å². The van der Waals surface area contributed by atoms with Gasteiger partial charge in [-0.05, 0) is 31.5 Å². The molecule has 0 heterocycles. The Morgan fingerprint density at radius 1 is 1.20 bits per heavy atom. The Kier molecular flexibility index (Phi) is 9.59. The first-order chi connectivity index (χ1) is 8.95. The van der Waals surface area contributed by atoms with Gasteiger partial charge in [0.1, 0.15) is 0 Å². The molecule has 2 N–H and O–H groups in total. The van der Waals surface area contributed by atoms with E-state index in [1.807, 2.05) is 18.2 Å². The third-order valence-electron chi connectivity index (χ3n) is 2.72. The van der Waals surface area contributed by atoms with Crippen LogP contribution in [0.1, 0.15) is 32.3 Å². The van der Waals surface area contributed by atoms with Crippen LogP contribution in [0, 0.1) is 0 Å². The van der Waals surface area contributed by atoms with Crippen LogP contribution in [0.4, 0.5) is 0 Å². The summed E-state index contributed by atoms with van der Waals surface area (Å²) in [6.45, 7) is 6.95. The normalized spacial score (nSPS) is 12.8.